The van der Waals surface area contributed by atoms with Crippen LogP contribution >= 0.6 is 0 Å². The van der Waals surface area contributed by atoms with Gasteiger partial charge in [-0.1, -0.05) is 0 Å². The van der Waals surface area contributed by atoms with Crippen LogP contribution in [0, 0.1) is 0 Å². The van der Waals surface area contributed by atoms with Gasteiger partial charge >= 0.3 is 0 Å². The fourth-order valence-corrected chi connectivity index (χ4v) is 1.38. The molecule has 0 heterocycles. The van der Waals surface area contributed by atoms with Crippen molar-refractivity contribution < 1.29 is 14.4 Å². The van der Waals surface area contributed by atoms with Crippen LogP contribution in [0.1, 0.15) is 10.4 Å². The minimum atomic E-state index is -0.722. The number of nitrogens with two attached hydrogens (primary N) is 3. The topological polar surface area (TPSA) is 133 Å². The van der Waals surface area contributed by atoms with Gasteiger partial charge in [0.2, 0.25) is 11.8 Å². The molecule has 0 aliphatic heterocycles. The summed E-state index contributed by atoms with van der Waals surface area (Å²) in [5, 5.41) is 0. The van der Waals surface area contributed by atoms with Gasteiger partial charge in [-0.15, -0.1) is 0 Å². The van der Waals surface area contributed by atoms with Gasteiger partial charge in [0.15, 0.2) is 0 Å². The second-order valence-corrected chi connectivity index (χ2v) is 3.72. The molecule has 7 heteroatoms. The van der Waals surface area contributed by atoms with Gasteiger partial charge in [0.05, 0.1) is 0 Å². The van der Waals surface area contributed by atoms with Crippen LogP contribution in [0.15, 0.2) is 24.3 Å². The van der Waals surface area contributed by atoms with Crippen molar-refractivity contribution >= 4 is 23.4 Å². The van der Waals surface area contributed by atoms with Crippen molar-refractivity contribution in [2.45, 2.75) is 0 Å². The normalized spacial score (nSPS) is 9.78. The number of primary amides is 2. The van der Waals surface area contributed by atoms with Crippen LogP contribution in [0.2, 0.25) is 0 Å². The van der Waals surface area contributed by atoms with Gasteiger partial charge in [-0.25, -0.2) is 0 Å². The Balaban J connectivity index is 2.90. The molecule has 0 aliphatic carbocycles. The predicted octanol–water partition coefficient (Wildman–Crippen LogP) is -1.32. The van der Waals surface area contributed by atoms with Crippen LogP contribution in [0.5, 0.6) is 0 Å². The van der Waals surface area contributed by atoms with Crippen LogP contribution in [0.3, 0.4) is 0 Å². The fourth-order valence-electron chi connectivity index (χ4n) is 1.38. The van der Waals surface area contributed by atoms with Gasteiger partial charge in [0, 0.05) is 11.3 Å². The number of benzene rings is 1. The molecule has 7 nitrogen and oxygen atoms in total. The highest BCUT2D eigenvalue weighted by atomic mass is 16.2. The maximum atomic E-state index is 12.0. The van der Waals surface area contributed by atoms with E-state index < -0.39 is 17.7 Å². The molecule has 1 aromatic rings. The smallest absolute Gasteiger partial charge is 0.254 e. The second kappa shape index (κ2) is 5.67. The van der Waals surface area contributed by atoms with Crippen LogP contribution < -0.4 is 17.2 Å². The largest absolute Gasteiger partial charge is 0.399 e. The van der Waals surface area contributed by atoms with Gasteiger partial charge < -0.3 is 22.1 Å². The van der Waals surface area contributed by atoms with Crippen molar-refractivity contribution in [2.75, 3.05) is 18.8 Å². The Hall–Kier alpha value is -2.57. The van der Waals surface area contributed by atoms with E-state index in [2.05, 4.69) is 0 Å². The summed E-state index contributed by atoms with van der Waals surface area (Å²) in [6, 6.07) is 6.07. The second-order valence-electron chi connectivity index (χ2n) is 3.72. The van der Waals surface area contributed by atoms with E-state index in [0.717, 1.165) is 4.90 Å². The van der Waals surface area contributed by atoms with E-state index in [4.69, 9.17) is 17.2 Å². The molecule has 0 atom stereocenters. The zero-order chi connectivity index (χ0) is 13.7. The third-order valence-corrected chi connectivity index (χ3v) is 2.14. The maximum Gasteiger partial charge on any atom is 0.254 e. The summed E-state index contributed by atoms with van der Waals surface area (Å²) in [6.07, 6.45) is 0. The number of amides is 3. The number of hydrogen-bond acceptors (Lipinski definition) is 4. The van der Waals surface area contributed by atoms with Crippen molar-refractivity contribution in [3.8, 4) is 0 Å². The Bertz CT molecular complexity index is 454. The minimum absolute atomic E-state index is 0.298. The first-order chi connectivity index (χ1) is 8.40. The monoisotopic (exact) mass is 250 g/mol. The molecular weight excluding hydrogens is 236 g/mol. The average Bonchev–Trinajstić information content (AvgIpc) is 2.27. The molecule has 0 unspecified atom stereocenters. The zero-order valence-electron chi connectivity index (χ0n) is 9.63. The Kier molecular flexibility index (Phi) is 4.25. The van der Waals surface area contributed by atoms with Crippen molar-refractivity contribution in [1.82, 2.24) is 4.90 Å². The van der Waals surface area contributed by atoms with Crippen LogP contribution in [0.25, 0.3) is 0 Å². The molecule has 1 aromatic carbocycles. The Labute approximate surface area is 104 Å². The van der Waals surface area contributed by atoms with Crippen LogP contribution in [0.4, 0.5) is 5.69 Å². The van der Waals surface area contributed by atoms with Gasteiger partial charge in [-0.05, 0) is 24.3 Å². The quantitative estimate of drug-likeness (QED) is 0.559. The molecule has 0 saturated carbocycles. The third kappa shape index (κ3) is 3.78. The highest BCUT2D eigenvalue weighted by molar-refractivity contribution is 5.98. The standard InChI is InChI=1S/C11H14N4O3/c12-8-3-1-7(2-4-8)11(18)15(5-9(13)16)6-10(14)17/h1-4H,5-6,12H2,(H2,13,16)(H2,14,17). The first kappa shape index (κ1) is 13.5. The van der Waals surface area contributed by atoms with E-state index in [1.807, 2.05) is 0 Å². The lowest BCUT2D eigenvalue weighted by atomic mass is 10.2. The van der Waals surface area contributed by atoms with Gasteiger partial charge in [0.25, 0.3) is 5.91 Å². The van der Waals surface area contributed by atoms with E-state index in [-0.39, 0.29) is 13.1 Å². The summed E-state index contributed by atoms with van der Waals surface area (Å²) in [7, 11) is 0. The maximum absolute atomic E-state index is 12.0. The molecule has 0 spiro atoms. The number of nitrogen functional groups attached to an aromatic ring is 1. The van der Waals surface area contributed by atoms with Gasteiger partial charge in [0.1, 0.15) is 13.1 Å². The molecule has 96 valence electrons. The zero-order valence-corrected chi connectivity index (χ0v) is 9.63. The number of carbonyl (C=O) groups is 3. The molecular formula is C11H14N4O3. The summed E-state index contributed by atoms with van der Waals surface area (Å²) in [4.78, 5) is 34.7. The molecule has 0 radical (unpaired) electrons. The van der Waals surface area contributed by atoms with E-state index in [1.165, 1.54) is 12.1 Å². The van der Waals surface area contributed by atoms with E-state index >= 15 is 0 Å². The van der Waals surface area contributed by atoms with Crippen molar-refractivity contribution in [3.63, 3.8) is 0 Å². The molecule has 6 N–H and O–H groups in total. The summed E-state index contributed by atoms with van der Waals surface area (Å²) in [5.41, 5.74) is 16.3. The van der Waals surface area contributed by atoms with Gasteiger partial charge in [-0.2, -0.15) is 0 Å². The highest BCUT2D eigenvalue weighted by Gasteiger charge is 2.19. The lowest BCUT2D eigenvalue weighted by Crippen LogP contribution is -2.43. The molecule has 1 rings (SSSR count). The lowest BCUT2D eigenvalue weighted by molar-refractivity contribution is -0.121. The first-order valence-electron chi connectivity index (χ1n) is 5.11. The van der Waals surface area contributed by atoms with Crippen molar-refractivity contribution in [3.05, 3.63) is 29.8 Å². The minimum Gasteiger partial charge on any atom is -0.399 e. The summed E-state index contributed by atoms with van der Waals surface area (Å²) in [6.45, 7) is -0.738. The van der Waals surface area contributed by atoms with E-state index in [0.29, 0.717) is 11.3 Å². The van der Waals surface area contributed by atoms with Crippen LogP contribution in [-0.2, 0) is 9.59 Å². The number of rotatable bonds is 5. The predicted molar refractivity (Wildman–Crippen MR) is 65.1 cm³/mol. The first-order valence-corrected chi connectivity index (χ1v) is 5.11. The molecule has 18 heavy (non-hydrogen) atoms. The summed E-state index contributed by atoms with van der Waals surface area (Å²) >= 11 is 0. The van der Waals surface area contributed by atoms with Crippen molar-refractivity contribution in [1.29, 1.82) is 0 Å². The number of carbonyl (C=O) groups excluding carboxylic acids is 3. The Morgan fingerprint density at radius 2 is 1.39 bits per heavy atom. The number of anilines is 1. The number of hydrogen-bond donors (Lipinski definition) is 3. The SMILES string of the molecule is NC(=O)CN(CC(N)=O)C(=O)c1ccc(N)cc1. The number of nitrogens with zero attached hydrogens (tertiary/aromatic N) is 1. The molecule has 0 fully saturated rings. The summed E-state index contributed by atoms with van der Waals surface area (Å²) in [5.74, 6) is -1.95. The highest BCUT2D eigenvalue weighted by Crippen LogP contribution is 2.08. The third-order valence-electron chi connectivity index (χ3n) is 2.14. The lowest BCUT2D eigenvalue weighted by Gasteiger charge is -2.19. The molecule has 0 saturated heterocycles. The summed E-state index contributed by atoms with van der Waals surface area (Å²) < 4.78 is 0. The molecule has 0 aromatic heterocycles. The van der Waals surface area contributed by atoms with Crippen LogP contribution in [-0.4, -0.2) is 35.7 Å². The molecule has 3 amide bonds. The fraction of sp³-hybridized carbons (Fsp3) is 0.182. The van der Waals surface area contributed by atoms with Gasteiger partial charge in [-0.3, -0.25) is 14.4 Å². The van der Waals surface area contributed by atoms with Crippen molar-refractivity contribution in [2.24, 2.45) is 11.5 Å². The Morgan fingerprint density at radius 1 is 0.944 bits per heavy atom. The van der Waals surface area contributed by atoms with E-state index in [1.54, 1.807) is 12.1 Å². The molecule has 0 aliphatic rings. The van der Waals surface area contributed by atoms with E-state index in [9.17, 15) is 14.4 Å². The average molecular weight is 250 g/mol. The molecule has 0 bridgehead atoms. The Morgan fingerprint density at radius 3 is 1.78 bits per heavy atom.